The summed E-state index contributed by atoms with van der Waals surface area (Å²) in [5, 5.41) is 9.10. The molecule has 2 aliphatic carbocycles. The lowest BCUT2D eigenvalue weighted by atomic mass is 9.70. The van der Waals surface area contributed by atoms with Crippen LogP contribution in [0.4, 0.5) is 0 Å². The molecule has 0 radical (unpaired) electrons. The highest BCUT2D eigenvalue weighted by Gasteiger charge is 2.62. The molecular weight excluding hydrogens is 240 g/mol. The zero-order valence-electron chi connectivity index (χ0n) is 11.9. The number of rotatable bonds is 3. The van der Waals surface area contributed by atoms with Crippen molar-refractivity contribution in [2.24, 2.45) is 16.7 Å². The summed E-state index contributed by atoms with van der Waals surface area (Å²) in [5.41, 5.74) is 1.11. The zero-order valence-corrected chi connectivity index (χ0v) is 11.9. The molecule has 3 unspecified atom stereocenters. The van der Waals surface area contributed by atoms with Gasteiger partial charge in [-0.15, -0.1) is 0 Å². The van der Waals surface area contributed by atoms with Crippen LogP contribution in [0.15, 0.2) is 12.4 Å². The average molecular weight is 262 g/mol. The van der Waals surface area contributed by atoms with Gasteiger partial charge in [-0.2, -0.15) is 0 Å². The van der Waals surface area contributed by atoms with E-state index >= 15 is 0 Å². The van der Waals surface area contributed by atoms with Crippen molar-refractivity contribution in [1.82, 2.24) is 9.97 Å². The van der Waals surface area contributed by atoms with E-state index in [0.717, 1.165) is 12.3 Å². The van der Waals surface area contributed by atoms with Crippen LogP contribution in [0.25, 0.3) is 0 Å². The van der Waals surface area contributed by atoms with Crippen molar-refractivity contribution < 1.29 is 9.84 Å². The van der Waals surface area contributed by atoms with Crippen molar-refractivity contribution in [2.45, 2.75) is 52.7 Å². The van der Waals surface area contributed by atoms with Gasteiger partial charge in [-0.1, -0.05) is 20.8 Å². The molecule has 104 valence electrons. The molecule has 2 bridgehead atoms. The van der Waals surface area contributed by atoms with E-state index in [1.165, 1.54) is 12.8 Å². The molecule has 2 fully saturated rings. The summed E-state index contributed by atoms with van der Waals surface area (Å²) in [5.74, 6) is 1.29. The van der Waals surface area contributed by atoms with Crippen LogP contribution in [0.2, 0.25) is 0 Å². The van der Waals surface area contributed by atoms with Gasteiger partial charge in [0.05, 0.1) is 24.7 Å². The first kappa shape index (κ1) is 12.9. The third-order valence-electron chi connectivity index (χ3n) is 5.80. The summed E-state index contributed by atoms with van der Waals surface area (Å²) in [6.45, 7) is 6.97. The zero-order chi connectivity index (χ0) is 13.7. The van der Waals surface area contributed by atoms with Gasteiger partial charge >= 0.3 is 0 Å². The van der Waals surface area contributed by atoms with Crippen LogP contribution >= 0.6 is 0 Å². The second-order valence-corrected chi connectivity index (χ2v) is 6.72. The van der Waals surface area contributed by atoms with Crippen LogP contribution in [0.1, 0.15) is 45.7 Å². The standard InChI is InChI=1S/C15H22N2O2/c1-14(2)10-4-5-15(14,3)12(6-10)19-13-8-16-7-11(9-18)17-13/h7-8,10,12,18H,4-6,9H2,1-3H3. The van der Waals surface area contributed by atoms with E-state index in [1.807, 2.05) is 0 Å². The largest absolute Gasteiger partial charge is 0.473 e. The Balaban J connectivity index is 1.82. The van der Waals surface area contributed by atoms with Crippen molar-refractivity contribution in [2.75, 3.05) is 0 Å². The van der Waals surface area contributed by atoms with Gasteiger partial charge in [0.25, 0.3) is 0 Å². The van der Waals surface area contributed by atoms with E-state index in [-0.39, 0.29) is 18.1 Å². The smallest absolute Gasteiger partial charge is 0.232 e. The molecule has 1 aromatic rings. The lowest BCUT2D eigenvalue weighted by Gasteiger charge is -2.38. The Bertz CT molecular complexity index is 489. The van der Waals surface area contributed by atoms with Crippen molar-refractivity contribution in [3.8, 4) is 5.88 Å². The van der Waals surface area contributed by atoms with Crippen molar-refractivity contribution in [3.05, 3.63) is 18.1 Å². The third-order valence-corrected chi connectivity index (χ3v) is 5.80. The average Bonchev–Trinajstić information content (AvgIpc) is 2.72. The number of aliphatic hydroxyl groups excluding tert-OH is 1. The van der Waals surface area contributed by atoms with Gasteiger partial charge in [0.1, 0.15) is 6.10 Å². The summed E-state index contributed by atoms with van der Waals surface area (Å²) in [6.07, 6.45) is 7.06. The molecule has 0 aromatic carbocycles. The maximum Gasteiger partial charge on any atom is 0.232 e. The van der Waals surface area contributed by atoms with Gasteiger partial charge < -0.3 is 9.84 Å². The highest BCUT2D eigenvalue weighted by Crippen LogP contribution is 2.66. The first-order chi connectivity index (χ1) is 8.97. The van der Waals surface area contributed by atoms with Crippen LogP contribution in [-0.2, 0) is 6.61 Å². The fraction of sp³-hybridized carbons (Fsp3) is 0.733. The number of hydrogen-bond donors (Lipinski definition) is 1. The topological polar surface area (TPSA) is 55.2 Å². The molecule has 3 rings (SSSR count). The molecule has 0 spiro atoms. The Kier molecular flexibility index (Phi) is 2.82. The van der Waals surface area contributed by atoms with Crippen LogP contribution < -0.4 is 4.74 Å². The maximum atomic E-state index is 9.10. The number of aliphatic hydroxyl groups is 1. The first-order valence-electron chi connectivity index (χ1n) is 7.06. The van der Waals surface area contributed by atoms with Gasteiger partial charge in [0.2, 0.25) is 5.88 Å². The molecule has 1 N–H and O–H groups in total. The van der Waals surface area contributed by atoms with Gasteiger partial charge in [-0.05, 0) is 30.6 Å². The third kappa shape index (κ3) is 1.76. The summed E-state index contributed by atoms with van der Waals surface area (Å²) in [6, 6.07) is 0. The summed E-state index contributed by atoms with van der Waals surface area (Å²) in [4.78, 5) is 8.35. The minimum absolute atomic E-state index is 0.0970. The molecule has 4 heteroatoms. The molecule has 2 saturated carbocycles. The molecule has 0 saturated heterocycles. The normalized spacial score (nSPS) is 35.6. The Labute approximate surface area is 114 Å². The van der Waals surface area contributed by atoms with E-state index in [2.05, 4.69) is 30.7 Å². The van der Waals surface area contributed by atoms with Gasteiger partial charge in [0.15, 0.2) is 0 Å². The van der Waals surface area contributed by atoms with Crippen molar-refractivity contribution >= 4 is 0 Å². The SMILES string of the molecule is CC1(C)C2CCC1(C)C(Oc1cncc(CO)n1)C2. The number of aromatic nitrogens is 2. The monoisotopic (exact) mass is 262 g/mol. The first-order valence-corrected chi connectivity index (χ1v) is 7.06. The fourth-order valence-corrected chi connectivity index (χ4v) is 3.97. The highest BCUT2D eigenvalue weighted by atomic mass is 16.5. The maximum absolute atomic E-state index is 9.10. The molecular formula is C15H22N2O2. The summed E-state index contributed by atoms with van der Waals surface area (Å²) < 4.78 is 6.11. The molecule has 0 amide bonds. The van der Waals surface area contributed by atoms with Crippen molar-refractivity contribution in [3.63, 3.8) is 0 Å². The van der Waals surface area contributed by atoms with Crippen LogP contribution in [-0.4, -0.2) is 21.2 Å². The Morgan fingerprint density at radius 3 is 2.74 bits per heavy atom. The summed E-state index contributed by atoms with van der Waals surface area (Å²) >= 11 is 0. The minimum atomic E-state index is -0.0970. The molecule has 3 atom stereocenters. The molecule has 1 aromatic heterocycles. The predicted octanol–water partition coefficient (Wildman–Crippen LogP) is 2.56. The Hall–Kier alpha value is -1.16. The van der Waals surface area contributed by atoms with E-state index in [4.69, 9.17) is 9.84 Å². The molecule has 2 aliphatic rings. The molecule has 0 aliphatic heterocycles. The van der Waals surface area contributed by atoms with E-state index in [9.17, 15) is 0 Å². The Morgan fingerprint density at radius 2 is 2.16 bits per heavy atom. The van der Waals surface area contributed by atoms with Crippen LogP contribution in [0.5, 0.6) is 5.88 Å². The van der Waals surface area contributed by atoms with Crippen molar-refractivity contribution in [1.29, 1.82) is 0 Å². The number of ether oxygens (including phenoxy) is 1. The molecule has 1 heterocycles. The van der Waals surface area contributed by atoms with Crippen LogP contribution in [0.3, 0.4) is 0 Å². The number of hydrogen-bond acceptors (Lipinski definition) is 4. The second-order valence-electron chi connectivity index (χ2n) is 6.72. The lowest BCUT2D eigenvalue weighted by Crippen LogP contribution is -2.39. The summed E-state index contributed by atoms with van der Waals surface area (Å²) in [7, 11) is 0. The van der Waals surface area contributed by atoms with E-state index in [0.29, 0.717) is 17.0 Å². The predicted molar refractivity (Wildman–Crippen MR) is 71.6 cm³/mol. The van der Waals surface area contributed by atoms with E-state index in [1.54, 1.807) is 12.4 Å². The second kappa shape index (κ2) is 4.17. The molecule has 4 nitrogen and oxygen atoms in total. The van der Waals surface area contributed by atoms with Crippen LogP contribution in [0, 0.1) is 16.7 Å². The fourth-order valence-electron chi connectivity index (χ4n) is 3.97. The van der Waals surface area contributed by atoms with E-state index < -0.39 is 0 Å². The number of fused-ring (bicyclic) bond motifs is 2. The van der Waals surface area contributed by atoms with Gasteiger partial charge in [-0.25, -0.2) is 4.98 Å². The lowest BCUT2D eigenvalue weighted by molar-refractivity contribution is 0.0267. The van der Waals surface area contributed by atoms with Gasteiger partial charge in [-0.3, -0.25) is 4.98 Å². The number of nitrogens with zero attached hydrogens (tertiary/aromatic N) is 2. The quantitative estimate of drug-likeness (QED) is 0.909. The molecule has 19 heavy (non-hydrogen) atoms. The Morgan fingerprint density at radius 1 is 1.37 bits per heavy atom. The van der Waals surface area contributed by atoms with Gasteiger partial charge in [0, 0.05) is 5.41 Å². The highest BCUT2D eigenvalue weighted by molar-refractivity contribution is 5.15. The minimum Gasteiger partial charge on any atom is -0.473 e.